The van der Waals surface area contributed by atoms with Gasteiger partial charge in [0.1, 0.15) is 5.82 Å². The minimum atomic E-state index is -0.369. The Labute approximate surface area is 153 Å². The Morgan fingerprint density at radius 2 is 1.96 bits per heavy atom. The number of nitrogens with one attached hydrogen (secondary N) is 1. The minimum absolute atomic E-state index is 0.0603. The summed E-state index contributed by atoms with van der Waals surface area (Å²) in [5, 5.41) is 2.97. The van der Waals surface area contributed by atoms with E-state index in [4.69, 9.17) is 0 Å². The van der Waals surface area contributed by atoms with Crippen LogP contribution in [0.5, 0.6) is 0 Å². The van der Waals surface area contributed by atoms with Crippen LogP contribution in [0, 0.1) is 11.7 Å². The number of carbonyl (C=O) groups is 2. The molecule has 1 unspecified atom stereocenters. The van der Waals surface area contributed by atoms with Crippen LogP contribution in [0.25, 0.3) is 0 Å². The van der Waals surface area contributed by atoms with Crippen LogP contribution in [0.3, 0.4) is 0 Å². The molecule has 1 heterocycles. The van der Waals surface area contributed by atoms with E-state index in [0.717, 1.165) is 24.9 Å². The zero-order valence-corrected chi connectivity index (χ0v) is 14.9. The normalized spacial score (nSPS) is 17.0. The van der Waals surface area contributed by atoms with Gasteiger partial charge in [-0.25, -0.2) is 4.39 Å². The molecule has 1 saturated heterocycles. The van der Waals surface area contributed by atoms with Crippen molar-refractivity contribution in [3.05, 3.63) is 65.5 Å². The highest BCUT2D eigenvalue weighted by molar-refractivity contribution is 5.96. The molecule has 2 aromatic rings. The van der Waals surface area contributed by atoms with Crippen LogP contribution < -0.4 is 5.32 Å². The van der Waals surface area contributed by atoms with E-state index in [0.29, 0.717) is 18.7 Å². The highest BCUT2D eigenvalue weighted by Crippen LogP contribution is 2.21. The van der Waals surface area contributed by atoms with Crippen LogP contribution in [-0.2, 0) is 11.2 Å². The lowest BCUT2D eigenvalue weighted by Crippen LogP contribution is -2.43. The van der Waals surface area contributed by atoms with Crippen molar-refractivity contribution >= 4 is 17.5 Å². The number of benzene rings is 2. The van der Waals surface area contributed by atoms with Crippen molar-refractivity contribution in [2.45, 2.75) is 26.2 Å². The van der Waals surface area contributed by atoms with Crippen LogP contribution in [0.4, 0.5) is 10.1 Å². The molecule has 1 fully saturated rings. The van der Waals surface area contributed by atoms with Gasteiger partial charge in [0.15, 0.2) is 0 Å². The smallest absolute Gasteiger partial charge is 0.253 e. The Hall–Kier alpha value is -2.69. The molecule has 5 heteroatoms. The average molecular weight is 354 g/mol. The summed E-state index contributed by atoms with van der Waals surface area (Å²) in [5.74, 6) is -0.824. The fourth-order valence-corrected chi connectivity index (χ4v) is 3.26. The quantitative estimate of drug-likeness (QED) is 0.906. The predicted molar refractivity (Wildman–Crippen MR) is 99.5 cm³/mol. The van der Waals surface area contributed by atoms with Crippen LogP contribution in [0.1, 0.15) is 35.7 Å². The second kappa shape index (κ2) is 8.13. The molecule has 0 spiro atoms. The molecule has 0 bridgehead atoms. The highest BCUT2D eigenvalue weighted by Gasteiger charge is 2.29. The van der Waals surface area contributed by atoms with Gasteiger partial charge in [0.05, 0.1) is 5.92 Å². The lowest BCUT2D eigenvalue weighted by Gasteiger charge is -2.32. The minimum Gasteiger partial charge on any atom is -0.338 e. The molecule has 0 aliphatic carbocycles. The fourth-order valence-electron chi connectivity index (χ4n) is 3.26. The van der Waals surface area contributed by atoms with Crippen molar-refractivity contribution in [1.82, 2.24) is 4.90 Å². The Bertz CT molecular complexity index is 789. The first-order chi connectivity index (χ1) is 12.6. The van der Waals surface area contributed by atoms with Crippen molar-refractivity contribution < 1.29 is 14.0 Å². The van der Waals surface area contributed by atoms with Crippen molar-refractivity contribution in [3.8, 4) is 0 Å². The first-order valence-electron chi connectivity index (χ1n) is 9.01. The summed E-state index contributed by atoms with van der Waals surface area (Å²) in [5.41, 5.74) is 2.40. The van der Waals surface area contributed by atoms with E-state index in [1.807, 2.05) is 24.3 Å². The molecule has 0 radical (unpaired) electrons. The van der Waals surface area contributed by atoms with E-state index in [1.165, 1.54) is 29.8 Å². The van der Waals surface area contributed by atoms with E-state index in [-0.39, 0.29) is 23.5 Å². The summed E-state index contributed by atoms with van der Waals surface area (Å²) in [6.07, 6.45) is 2.44. The molecule has 2 amide bonds. The zero-order valence-electron chi connectivity index (χ0n) is 14.9. The fraction of sp³-hybridized carbons (Fsp3) is 0.333. The van der Waals surface area contributed by atoms with Crippen LogP contribution in [0.2, 0.25) is 0 Å². The van der Waals surface area contributed by atoms with Gasteiger partial charge in [0.25, 0.3) is 5.91 Å². The molecule has 3 rings (SSSR count). The summed E-state index contributed by atoms with van der Waals surface area (Å²) in [4.78, 5) is 26.9. The number of hydrogen-bond donors (Lipinski definition) is 1. The van der Waals surface area contributed by atoms with E-state index in [9.17, 15) is 14.0 Å². The number of anilines is 1. The molecule has 0 saturated carbocycles. The van der Waals surface area contributed by atoms with Crippen molar-refractivity contribution in [2.75, 3.05) is 18.4 Å². The van der Waals surface area contributed by atoms with Gasteiger partial charge in [0, 0.05) is 24.3 Å². The predicted octanol–water partition coefficient (Wildman–Crippen LogP) is 3.88. The Morgan fingerprint density at radius 1 is 1.19 bits per heavy atom. The summed E-state index contributed by atoms with van der Waals surface area (Å²) in [6.45, 7) is 3.07. The van der Waals surface area contributed by atoms with Crippen LogP contribution in [-0.4, -0.2) is 29.8 Å². The Morgan fingerprint density at radius 3 is 2.69 bits per heavy atom. The van der Waals surface area contributed by atoms with E-state index < -0.39 is 0 Å². The number of aryl methyl sites for hydroxylation is 1. The van der Waals surface area contributed by atoms with Gasteiger partial charge in [-0.05, 0) is 61.2 Å². The molecular weight excluding hydrogens is 331 g/mol. The molecule has 0 aromatic heterocycles. The van der Waals surface area contributed by atoms with Crippen molar-refractivity contribution in [3.63, 3.8) is 0 Å². The number of amides is 2. The molecule has 1 atom stereocenters. The lowest BCUT2D eigenvalue weighted by molar-refractivity contribution is -0.121. The maximum atomic E-state index is 13.0. The molecule has 1 aliphatic heterocycles. The third-order valence-corrected chi connectivity index (χ3v) is 4.77. The molecule has 136 valence electrons. The van der Waals surface area contributed by atoms with Gasteiger partial charge < -0.3 is 10.2 Å². The SMILES string of the molecule is CCc1cccc(NC(=O)C2CCCN(C(=O)c3ccc(F)cc3)C2)c1. The summed E-state index contributed by atoms with van der Waals surface area (Å²) in [7, 11) is 0. The monoisotopic (exact) mass is 354 g/mol. The van der Waals surface area contributed by atoms with E-state index in [2.05, 4.69) is 12.2 Å². The standard InChI is InChI=1S/C21H23FN2O2/c1-2-15-5-3-7-19(13-15)23-20(25)17-6-4-12-24(14-17)21(26)16-8-10-18(22)11-9-16/h3,5,7-11,13,17H,2,4,6,12,14H2,1H3,(H,23,25). The number of likely N-dealkylation sites (tertiary alicyclic amines) is 1. The maximum absolute atomic E-state index is 13.0. The maximum Gasteiger partial charge on any atom is 0.253 e. The first kappa shape index (κ1) is 18.1. The largest absolute Gasteiger partial charge is 0.338 e. The van der Waals surface area contributed by atoms with Crippen molar-refractivity contribution in [1.29, 1.82) is 0 Å². The van der Waals surface area contributed by atoms with Gasteiger partial charge in [-0.2, -0.15) is 0 Å². The molecular formula is C21H23FN2O2. The zero-order chi connectivity index (χ0) is 18.5. The van der Waals surface area contributed by atoms with E-state index >= 15 is 0 Å². The summed E-state index contributed by atoms with van der Waals surface area (Å²) < 4.78 is 13.0. The first-order valence-corrected chi connectivity index (χ1v) is 9.01. The average Bonchev–Trinajstić information content (AvgIpc) is 2.68. The molecule has 2 aromatic carbocycles. The second-order valence-corrected chi connectivity index (χ2v) is 6.64. The number of carbonyl (C=O) groups excluding carboxylic acids is 2. The third kappa shape index (κ3) is 4.28. The van der Waals surface area contributed by atoms with Gasteiger partial charge in [-0.3, -0.25) is 9.59 Å². The lowest BCUT2D eigenvalue weighted by atomic mass is 9.96. The molecule has 1 aliphatic rings. The summed E-state index contributed by atoms with van der Waals surface area (Å²) in [6, 6.07) is 13.3. The van der Waals surface area contributed by atoms with Gasteiger partial charge in [-0.15, -0.1) is 0 Å². The Kier molecular flexibility index (Phi) is 5.66. The molecule has 4 nitrogen and oxygen atoms in total. The van der Waals surface area contributed by atoms with Gasteiger partial charge in [0.2, 0.25) is 5.91 Å². The van der Waals surface area contributed by atoms with Crippen molar-refractivity contribution in [2.24, 2.45) is 5.92 Å². The highest BCUT2D eigenvalue weighted by atomic mass is 19.1. The third-order valence-electron chi connectivity index (χ3n) is 4.77. The van der Waals surface area contributed by atoms with Gasteiger partial charge >= 0.3 is 0 Å². The summed E-state index contributed by atoms with van der Waals surface area (Å²) >= 11 is 0. The number of rotatable bonds is 4. The number of nitrogens with zero attached hydrogens (tertiary/aromatic N) is 1. The topological polar surface area (TPSA) is 49.4 Å². The molecule has 26 heavy (non-hydrogen) atoms. The van der Waals surface area contributed by atoms with Crippen LogP contribution in [0.15, 0.2) is 48.5 Å². The number of piperidine rings is 1. The Balaban J connectivity index is 1.64. The number of halogens is 1. The second-order valence-electron chi connectivity index (χ2n) is 6.64. The van der Waals surface area contributed by atoms with Gasteiger partial charge in [-0.1, -0.05) is 19.1 Å². The molecule has 1 N–H and O–H groups in total. The van der Waals surface area contributed by atoms with Crippen LogP contribution >= 0.6 is 0 Å². The van der Waals surface area contributed by atoms with E-state index in [1.54, 1.807) is 4.90 Å². The number of hydrogen-bond acceptors (Lipinski definition) is 2.